The molecule has 0 spiro atoms. The van der Waals surface area contributed by atoms with Crippen molar-refractivity contribution in [2.75, 3.05) is 18.5 Å². The van der Waals surface area contributed by atoms with Crippen molar-refractivity contribution in [1.29, 1.82) is 0 Å². The predicted octanol–water partition coefficient (Wildman–Crippen LogP) is 2.64. The van der Waals surface area contributed by atoms with Gasteiger partial charge in [0, 0.05) is 6.54 Å². The lowest BCUT2D eigenvalue weighted by Gasteiger charge is -2.34. The molecule has 2 amide bonds. The van der Waals surface area contributed by atoms with Crippen LogP contribution in [-0.2, 0) is 20.9 Å². The van der Waals surface area contributed by atoms with Gasteiger partial charge in [-0.15, -0.1) is 0 Å². The molecular weight excluding hydrogens is 342 g/mol. The van der Waals surface area contributed by atoms with Crippen LogP contribution in [0.25, 0.3) is 0 Å². The van der Waals surface area contributed by atoms with Gasteiger partial charge in [0.15, 0.2) is 0 Å². The lowest BCUT2D eigenvalue weighted by Crippen LogP contribution is -2.54. The summed E-state index contributed by atoms with van der Waals surface area (Å²) < 4.78 is 32.1. The highest BCUT2D eigenvalue weighted by Crippen LogP contribution is 2.19. The third-order valence-electron chi connectivity index (χ3n) is 4.15. The Morgan fingerprint density at radius 1 is 1.23 bits per heavy atom. The molecular formula is C19H18F2N2O3. The molecule has 1 aliphatic heterocycles. The van der Waals surface area contributed by atoms with Gasteiger partial charge in [0.1, 0.15) is 24.3 Å². The van der Waals surface area contributed by atoms with Crippen molar-refractivity contribution in [3.8, 4) is 0 Å². The SMILES string of the molecule is Cc1ccc(F)c(NC(=O)[C@@H]2COCC(=O)N2Cc2ccc(F)cc2)c1. The number of carbonyl (C=O) groups excluding carboxylic acids is 2. The van der Waals surface area contributed by atoms with E-state index < -0.39 is 17.8 Å². The van der Waals surface area contributed by atoms with E-state index >= 15 is 0 Å². The summed E-state index contributed by atoms with van der Waals surface area (Å²) in [5, 5.41) is 2.52. The zero-order valence-corrected chi connectivity index (χ0v) is 14.2. The first-order valence-corrected chi connectivity index (χ1v) is 8.13. The van der Waals surface area contributed by atoms with E-state index in [-0.39, 0.29) is 37.2 Å². The Kier molecular flexibility index (Phi) is 5.27. The van der Waals surface area contributed by atoms with E-state index in [1.807, 2.05) is 0 Å². The van der Waals surface area contributed by atoms with Crippen molar-refractivity contribution in [2.24, 2.45) is 0 Å². The molecule has 1 atom stereocenters. The Labute approximate surface area is 149 Å². The average Bonchev–Trinajstić information content (AvgIpc) is 2.61. The fourth-order valence-corrected chi connectivity index (χ4v) is 2.76. The summed E-state index contributed by atoms with van der Waals surface area (Å²) in [7, 11) is 0. The molecule has 0 bridgehead atoms. The summed E-state index contributed by atoms with van der Waals surface area (Å²) in [6.07, 6.45) is 0. The minimum absolute atomic E-state index is 0.00615. The maximum absolute atomic E-state index is 13.9. The van der Waals surface area contributed by atoms with Crippen LogP contribution in [0, 0.1) is 18.6 Å². The van der Waals surface area contributed by atoms with Crippen molar-refractivity contribution in [3.05, 3.63) is 65.2 Å². The number of rotatable bonds is 4. The quantitative estimate of drug-likeness (QED) is 0.912. The maximum atomic E-state index is 13.9. The van der Waals surface area contributed by atoms with Gasteiger partial charge in [-0.1, -0.05) is 18.2 Å². The first-order chi connectivity index (χ1) is 12.4. The molecule has 136 valence electrons. The van der Waals surface area contributed by atoms with Crippen LogP contribution in [0.3, 0.4) is 0 Å². The molecule has 5 nitrogen and oxygen atoms in total. The molecule has 1 heterocycles. The van der Waals surface area contributed by atoms with Crippen molar-refractivity contribution in [3.63, 3.8) is 0 Å². The maximum Gasteiger partial charge on any atom is 0.249 e. The Hall–Kier alpha value is -2.80. The van der Waals surface area contributed by atoms with Crippen LogP contribution >= 0.6 is 0 Å². The molecule has 0 aliphatic carbocycles. The molecule has 0 aromatic heterocycles. The monoisotopic (exact) mass is 360 g/mol. The summed E-state index contributed by atoms with van der Waals surface area (Å²) in [4.78, 5) is 26.2. The summed E-state index contributed by atoms with van der Waals surface area (Å²) in [5.41, 5.74) is 1.52. The molecule has 1 fully saturated rings. The number of halogens is 2. The molecule has 1 saturated heterocycles. The van der Waals surface area contributed by atoms with E-state index in [1.165, 1.54) is 29.2 Å². The number of anilines is 1. The van der Waals surface area contributed by atoms with Crippen molar-refractivity contribution in [2.45, 2.75) is 19.5 Å². The van der Waals surface area contributed by atoms with Gasteiger partial charge in [-0.25, -0.2) is 8.78 Å². The number of carbonyl (C=O) groups is 2. The first kappa shape index (κ1) is 18.0. The van der Waals surface area contributed by atoms with Crippen LogP contribution in [0.4, 0.5) is 14.5 Å². The second-order valence-corrected chi connectivity index (χ2v) is 6.15. The summed E-state index contributed by atoms with van der Waals surface area (Å²) in [5.74, 6) is -1.83. The van der Waals surface area contributed by atoms with Gasteiger partial charge in [0.2, 0.25) is 11.8 Å². The third-order valence-corrected chi connectivity index (χ3v) is 4.15. The Morgan fingerprint density at radius 3 is 2.69 bits per heavy atom. The highest BCUT2D eigenvalue weighted by atomic mass is 19.1. The van der Waals surface area contributed by atoms with Crippen LogP contribution in [-0.4, -0.2) is 36.0 Å². The predicted molar refractivity (Wildman–Crippen MR) is 91.3 cm³/mol. The van der Waals surface area contributed by atoms with Crippen LogP contribution < -0.4 is 5.32 Å². The van der Waals surface area contributed by atoms with Crippen molar-refractivity contribution < 1.29 is 23.1 Å². The minimum atomic E-state index is -0.902. The number of amides is 2. The Balaban J connectivity index is 1.78. The number of ether oxygens (including phenoxy) is 1. The third kappa shape index (κ3) is 4.05. The van der Waals surface area contributed by atoms with Gasteiger partial charge in [0.25, 0.3) is 0 Å². The molecule has 2 aromatic rings. The van der Waals surface area contributed by atoms with Crippen molar-refractivity contribution >= 4 is 17.5 Å². The van der Waals surface area contributed by atoms with Crippen LogP contribution in [0.15, 0.2) is 42.5 Å². The highest BCUT2D eigenvalue weighted by molar-refractivity contribution is 5.98. The second kappa shape index (κ2) is 7.61. The number of hydrogen-bond donors (Lipinski definition) is 1. The molecule has 1 aliphatic rings. The van der Waals surface area contributed by atoms with E-state index in [4.69, 9.17) is 4.74 Å². The minimum Gasteiger partial charge on any atom is -0.369 e. The zero-order valence-electron chi connectivity index (χ0n) is 14.2. The lowest BCUT2D eigenvalue weighted by molar-refractivity contribution is -0.154. The molecule has 0 radical (unpaired) electrons. The number of benzene rings is 2. The van der Waals surface area contributed by atoms with Crippen LogP contribution in [0.5, 0.6) is 0 Å². The highest BCUT2D eigenvalue weighted by Gasteiger charge is 2.34. The zero-order chi connectivity index (χ0) is 18.7. The van der Waals surface area contributed by atoms with Gasteiger partial charge < -0.3 is 15.0 Å². The molecule has 0 unspecified atom stereocenters. The second-order valence-electron chi connectivity index (χ2n) is 6.15. The number of nitrogens with one attached hydrogen (secondary N) is 1. The smallest absolute Gasteiger partial charge is 0.249 e. The van der Waals surface area contributed by atoms with E-state index in [0.717, 1.165) is 5.56 Å². The summed E-state index contributed by atoms with van der Waals surface area (Å²) >= 11 is 0. The standard InChI is InChI=1S/C19H18F2N2O3/c1-12-2-7-15(21)16(8-12)22-19(25)17-10-26-11-18(24)23(17)9-13-3-5-14(20)6-4-13/h2-8,17H,9-11H2,1H3,(H,22,25)/t17-/m0/s1. The number of hydrogen-bond acceptors (Lipinski definition) is 3. The summed E-state index contributed by atoms with van der Waals surface area (Å²) in [6.45, 7) is 1.79. The van der Waals surface area contributed by atoms with E-state index in [1.54, 1.807) is 25.1 Å². The van der Waals surface area contributed by atoms with Gasteiger partial charge >= 0.3 is 0 Å². The average molecular weight is 360 g/mol. The Bertz CT molecular complexity index is 824. The van der Waals surface area contributed by atoms with Gasteiger partial charge in [-0.05, 0) is 42.3 Å². The van der Waals surface area contributed by atoms with Gasteiger partial charge in [-0.3, -0.25) is 9.59 Å². The fraction of sp³-hybridized carbons (Fsp3) is 0.263. The molecule has 0 saturated carbocycles. The number of morpholine rings is 1. The fourth-order valence-electron chi connectivity index (χ4n) is 2.76. The molecule has 2 aromatic carbocycles. The molecule has 26 heavy (non-hydrogen) atoms. The van der Waals surface area contributed by atoms with Gasteiger partial charge in [-0.2, -0.15) is 0 Å². The lowest BCUT2D eigenvalue weighted by atomic mass is 10.1. The Morgan fingerprint density at radius 2 is 1.96 bits per heavy atom. The number of aryl methyl sites for hydroxylation is 1. The van der Waals surface area contributed by atoms with E-state index in [2.05, 4.69) is 5.32 Å². The molecule has 1 N–H and O–H groups in total. The van der Waals surface area contributed by atoms with Gasteiger partial charge in [0.05, 0.1) is 12.3 Å². The normalized spacial score (nSPS) is 17.3. The number of nitrogens with zero attached hydrogens (tertiary/aromatic N) is 1. The molecule has 3 rings (SSSR count). The van der Waals surface area contributed by atoms with Crippen LogP contribution in [0.1, 0.15) is 11.1 Å². The van der Waals surface area contributed by atoms with E-state index in [9.17, 15) is 18.4 Å². The first-order valence-electron chi connectivity index (χ1n) is 8.13. The van der Waals surface area contributed by atoms with Crippen molar-refractivity contribution in [1.82, 2.24) is 4.90 Å². The van der Waals surface area contributed by atoms with Crippen LogP contribution in [0.2, 0.25) is 0 Å². The summed E-state index contributed by atoms with van der Waals surface area (Å²) in [6, 6.07) is 9.16. The topological polar surface area (TPSA) is 58.6 Å². The largest absolute Gasteiger partial charge is 0.369 e. The molecule has 7 heteroatoms. The van der Waals surface area contributed by atoms with E-state index in [0.29, 0.717) is 5.56 Å².